The molecule has 0 amide bonds. The lowest BCUT2D eigenvalue weighted by Crippen LogP contribution is -1.99. The maximum absolute atomic E-state index is 6.48. The minimum Gasteiger partial charge on any atom is -0.493 e. The van der Waals surface area contributed by atoms with Gasteiger partial charge in [0, 0.05) is 0 Å². The Hall–Kier alpha value is -1.47. The van der Waals surface area contributed by atoms with Crippen molar-refractivity contribution >= 4 is 11.6 Å². The maximum atomic E-state index is 6.48. The number of hydrogen-bond acceptors (Lipinski definition) is 1. The maximum Gasteiger partial charge on any atom is 0.119 e. The summed E-state index contributed by atoms with van der Waals surface area (Å²) in [5, 5.41) is -0.0984. The van der Waals surface area contributed by atoms with Gasteiger partial charge in [0.05, 0.1) is 12.0 Å². The first-order chi connectivity index (χ1) is 9.33. The molecule has 0 aliphatic heterocycles. The van der Waals surface area contributed by atoms with Gasteiger partial charge < -0.3 is 4.74 Å². The summed E-state index contributed by atoms with van der Waals surface area (Å²) in [5.74, 6) is 1.72. The van der Waals surface area contributed by atoms with Gasteiger partial charge in [-0.25, -0.2) is 0 Å². The lowest BCUT2D eigenvalue weighted by atomic mass is 10.0. The molecule has 0 aromatic heterocycles. The van der Waals surface area contributed by atoms with E-state index in [-0.39, 0.29) is 5.38 Å². The lowest BCUT2D eigenvalue weighted by Gasteiger charge is -2.11. The number of rotatable bonds is 5. The second-order valence-corrected chi connectivity index (χ2v) is 5.53. The second-order valence-electron chi connectivity index (χ2n) is 5.10. The molecular formula is C17H17ClO. The minimum absolute atomic E-state index is 0.0984. The summed E-state index contributed by atoms with van der Waals surface area (Å²) in [5.41, 5.74) is 2.22. The average Bonchev–Trinajstić information content (AvgIpc) is 3.30. The van der Waals surface area contributed by atoms with Crippen molar-refractivity contribution in [2.45, 2.75) is 18.2 Å². The fourth-order valence-electron chi connectivity index (χ4n) is 2.05. The molecule has 0 spiro atoms. The van der Waals surface area contributed by atoms with Crippen molar-refractivity contribution in [1.29, 1.82) is 0 Å². The standard InChI is InChI=1S/C17H17ClO/c18-17(14-4-2-1-3-5-14)15-8-10-16(11-9-15)19-12-13-6-7-13/h1-5,8-11,13,17H,6-7,12H2. The quantitative estimate of drug-likeness (QED) is 0.710. The Balaban J connectivity index is 1.67. The van der Waals surface area contributed by atoms with Crippen molar-refractivity contribution in [3.63, 3.8) is 0 Å². The molecule has 1 nitrogen and oxygen atoms in total. The Labute approximate surface area is 119 Å². The van der Waals surface area contributed by atoms with Gasteiger partial charge >= 0.3 is 0 Å². The van der Waals surface area contributed by atoms with Crippen molar-refractivity contribution in [3.8, 4) is 5.75 Å². The normalized spacial score (nSPS) is 16.1. The topological polar surface area (TPSA) is 9.23 Å². The lowest BCUT2D eigenvalue weighted by molar-refractivity contribution is 0.299. The van der Waals surface area contributed by atoms with Gasteiger partial charge in [0.2, 0.25) is 0 Å². The summed E-state index contributed by atoms with van der Waals surface area (Å²) in [4.78, 5) is 0. The third-order valence-corrected chi connectivity index (χ3v) is 3.95. The van der Waals surface area contributed by atoms with Gasteiger partial charge in [-0.2, -0.15) is 0 Å². The molecule has 1 aliphatic carbocycles. The first-order valence-electron chi connectivity index (χ1n) is 6.75. The Morgan fingerprint density at radius 3 is 2.21 bits per heavy atom. The Kier molecular flexibility index (Phi) is 3.74. The van der Waals surface area contributed by atoms with Gasteiger partial charge in [-0.3, -0.25) is 0 Å². The summed E-state index contributed by atoms with van der Waals surface area (Å²) in [6.07, 6.45) is 2.63. The first kappa shape index (κ1) is 12.6. The molecule has 1 atom stereocenters. The molecule has 0 heterocycles. The third kappa shape index (κ3) is 3.30. The van der Waals surface area contributed by atoms with Crippen molar-refractivity contribution < 1.29 is 4.74 Å². The number of halogens is 1. The molecule has 19 heavy (non-hydrogen) atoms. The van der Waals surface area contributed by atoms with Crippen LogP contribution in [-0.4, -0.2) is 6.61 Å². The average molecular weight is 273 g/mol. The molecule has 2 aromatic rings. The van der Waals surface area contributed by atoms with Gasteiger partial charge in [-0.1, -0.05) is 42.5 Å². The van der Waals surface area contributed by atoms with Gasteiger partial charge in [-0.05, 0) is 42.0 Å². The van der Waals surface area contributed by atoms with E-state index in [9.17, 15) is 0 Å². The van der Waals surface area contributed by atoms with E-state index < -0.39 is 0 Å². The molecule has 0 bridgehead atoms. The van der Waals surface area contributed by atoms with Crippen LogP contribution in [0.4, 0.5) is 0 Å². The molecule has 0 radical (unpaired) electrons. The Morgan fingerprint density at radius 1 is 0.947 bits per heavy atom. The molecule has 0 N–H and O–H groups in total. The zero-order chi connectivity index (χ0) is 13.1. The summed E-state index contributed by atoms with van der Waals surface area (Å²) in [6.45, 7) is 0.850. The summed E-state index contributed by atoms with van der Waals surface area (Å²) < 4.78 is 5.73. The molecule has 2 aromatic carbocycles. The van der Waals surface area contributed by atoms with Crippen LogP contribution in [0.15, 0.2) is 54.6 Å². The van der Waals surface area contributed by atoms with Crippen LogP contribution in [0, 0.1) is 5.92 Å². The van der Waals surface area contributed by atoms with Crippen molar-refractivity contribution in [1.82, 2.24) is 0 Å². The highest BCUT2D eigenvalue weighted by Gasteiger charge is 2.21. The van der Waals surface area contributed by atoms with Gasteiger partial charge in [0.15, 0.2) is 0 Å². The SMILES string of the molecule is ClC(c1ccccc1)c1ccc(OCC2CC2)cc1. The van der Waals surface area contributed by atoms with E-state index >= 15 is 0 Å². The molecule has 1 aliphatic rings. The van der Waals surface area contributed by atoms with Crippen LogP contribution in [0.1, 0.15) is 29.3 Å². The van der Waals surface area contributed by atoms with E-state index in [1.54, 1.807) is 0 Å². The molecule has 0 saturated heterocycles. The monoisotopic (exact) mass is 272 g/mol. The van der Waals surface area contributed by atoms with Gasteiger partial charge in [0.1, 0.15) is 5.75 Å². The van der Waals surface area contributed by atoms with E-state index in [4.69, 9.17) is 16.3 Å². The molecular weight excluding hydrogens is 256 g/mol. The number of hydrogen-bond donors (Lipinski definition) is 0. The largest absolute Gasteiger partial charge is 0.493 e. The fraction of sp³-hybridized carbons (Fsp3) is 0.294. The van der Waals surface area contributed by atoms with Crippen LogP contribution < -0.4 is 4.74 Å². The van der Waals surface area contributed by atoms with Crippen LogP contribution in [0.2, 0.25) is 0 Å². The van der Waals surface area contributed by atoms with Crippen molar-refractivity contribution in [2.75, 3.05) is 6.61 Å². The number of benzene rings is 2. The van der Waals surface area contributed by atoms with E-state index in [0.29, 0.717) is 0 Å². The molecule has 1 saturated carbocycles. The third-order valence-electron chi connectivity index (χ3n) is 3.45. The predicted molar refractivity (Wildman–Crippen MR) is 78.8 cm³/mol. The van der Waals surface area contributed by atoms with Crippen LogP contribution in [0.5, 0.6) is 5.75 Å². The molecule has 3 rings (SSSR count). The summed E-state index contributed by atoms with van der Waals surface area (Å²) >= 11 is 6.48. The van der Waals surface area contributed by atoms with Crippen LogP contribution >= 0.6 is 11.6 Å². The predicted octanol–water partition coefficient (Wildman–Crippen LogP) is 4.80. The highest BCUT2D eigenvalue weighted by atomic mass is 35.5. The zero-order valence-electron chi connectivity index (χ0n) is 10.8. The first-order valence-corrected chi connectivity index (χ1v) is 7.18. The van der Waals surface area contributed by atoms with Crippen molar-refractivity contribution in [2.24, 2.45) is 5.92 Å². The summed E-state index contributed by atoms with van der Waals surface area (Å²) in [7, 11) is 0. The number of alkyl halides is 1. The number of ether oxygens (including phenoxy) is 1. The van der Waals surface area contributed by atoms with Crippen LogP contribution in [0.3, 0.4) is 0 Å². The highest BCUT2D eigenvalue weighted by Crippen LogP contribution is 2.31. The molecule has 1 unspecified atom stereocenters. The minimum atomic E-state index is -0.0984. The zero-order valence-corrected chi connectivity index (χ0v) is 11.5. The van der Waals surface area contributed by atoms with Crippen LogP contribution in [-0.2, 0) is 0 Å². The van der Waals surface area contributed by atoms with E-state index in [1.807, 2.05) is 42.5 Å². The van der Waals surface area contributed by atoms with Crippen molar-refractivity contribution in [3.05, 3.63) is 65.7 Å². The highest BCUT2D eigenvalue weighted by molar-refractivity contribution is 6.22. The second kappa shape index (κ2) is 5.66. The van der Waals surface area contributed by atoms with Gasteiger partial charge in [0.25, 0.3) is 0 Å². The smallest absolute Gasteiger partial charge is 0.119 e. The molecule has 2 heteroatoms. The van der Waals surface area contributed by atoms with E-state index in [2.05, 4.69) is 12.1 Å². The van der Waals surface area contributed by atoms with E-state index in [1.165, 1.54) is 12.8 Å². The molecule has 98 valence electrons. The Bertz CT molecular complexity index is 517. The van der Waals surface area contributed by atoms with E-state index in [0.717, 1.165) is 29.4 Å². The van der Waals surface area contributed by atoms with Crippen LogP contribution in [0.25, 0.3) is 0 Å². The molecule has 1 fully saturated rings. The Morgan fingerprint density at radius 2 is 1.58 bits per heavy atom. The van der Waals surface area contributed by atoms with Gasteiger partial charge in [-0.15, -0.1) is 11.6 Å². The fourth-order valence-corrected chi connectivity index (χ4v) is 2.34. The summed E-state index contributed by atoms with van der Waals surface area (Å²) in [6, 6.07) is 18.2.